The van der Waals surface area contributed by atoms with Gasteiger partial charge in [-0.05, 0) is 19.3 Å². The summed E-state index contributed by atoms with van der Waals surface area (Å²) in [7, 11) is 0. The summed E-state index contributed by atoms with van der Waals surface area (Å²) in [6.45, 7) is 0. The van der Waals surface area contributed by atoms with E-state index >= 15 is 0 Å². The third-order valence-electron chi connectivity index (χ3n) is 2.22. The van der Waals surface area contributed by atoms with Gasteiger partial charge in [-0.15, -0.1) is 0 Å². The molecule has 2 amide bonds. The lowest BCUT2D eigenvalue weighted by atomic mass is 9.78. The third kappa shape index (κ3) is 1.20. The Morgan fingerprint density at radius 3 is 2.08 bits per heavy atom. The normalized spacial score (nSPS) is 20.3. The number of carbonyl (C=O) groups excluding carboxylic acids is 2. The van der Waals surface area contributed by atoms with Crippen LogP contribution in [0.3, 0.4) is 0 Å². The Labute approximate surface area is 70.6 Å². The molecule has 0 aliphatic heterocycles. The van der Waals surface area contributed by atoms with Crippen LogP contribution < -0.4 is 11.5 Å². The highest BCUT2D eigenvalue weighted by atomic mass is 16.2. The van der Waals surface area contributed by atoms with Crippen molar-refractivity contribution in [3.8, 4) is 0 Å². The Morgan fingerprint density at radius 1 is 1.25 bits per heavy atom. The van der Waals surface area contributed by atoms with Crippen LogP contribution in [0.15, 0.2) is 12.2 Å². The van der Waals surface area contributed by atoms with Crippen LogP contribution in [0.5, 0.6) is 0 Å². The number of nitrogens with two attached hydrogens (primary N) is 2. The van der Waals surface area contributed by atoms with Crippen LogP contribution in [0.2, 0.25) is 0 Å². The summed E-state index contributed by atoms with van der Waals surface area (Å²) in [5.41, 5.74) is 9.00. The van der Waals surface area contributed by atoms with E-state index in [4.69, 9.17) is 11.5 Å². The molecule has 1 aliphatic rings. The number of primary amides is 2. The second kappa shape index (κ2) is 2.97. The summed E-state index contributed by atoms with van der Waals surface area (Å²) in [5.74, 6) is -1.29. The molecule has 4 N–H and O–H groups in total. The molecular weight excluding hydrogens is 156 g/mol. The molecule has 0 radical (unpaired) electrons. The number of rotatable bonds is 2. The van der Waals surface area contributed by atoms with E-state index < -0.39 is 17.2 Å². The minimum atomic E-state index is -1.22. The van der Waals surface area contributed by atoms with Crippen LogP contribution >= 0.6 is 0 Å². The van der Waals surface area contributed by atoms with E-state index in [1.54, 1.807) is 6.08 Å². The fourth-order valence-corrected chi connectivity index (χ4v) is 1.40. The molecule has 66 valence electrons. The maximum Gasteiger partial charge on any atom is 0.236 e. The van der Waals surface area contributed by atoms with Crippen molar-refractivity contribution in [3.63, 3.8) is 0 Å². The molecule has 0 unspecified atom stereocenters. The van der Waals surface area contributed by atoms with Crippen LogP contribution in [0.25, 0.3) is 0 Å². The van der Waals surface area contributed by atoms with E-state index in [2.05, 4.69) is 0 Å². The van der Waals surface area contributed by atoms with Crippen molar-refractivity contribution in [3.05, 3.63) is 12.2 Å². The van der Waals surface area contributed by atoms with Crippen molar-refractivity contribution >= 4 is 11.8 Å². The van der Waals surface area contributed by atoms with Gasteiger partial charge < -0.3 is 11.5 Å². The maximum atomic E-state index is 11.0. The summed E-state index contributed by atoms with van der Waals surface area (Å²) in [5, 5.41) is 0. The monoisotopic (exact) mass is 168 g/mol. The van der Waals surface area contributed by atoms with Gasteiger partial charge in [-0.25, -0.2) is 0 Å². The van der Waals surface area contributed by atoms with E-state index in [1.165, 1.54) is 6.08 Å². The predicted molar refractivity (Wildman–Crippen MR) is 43.8 cm³/mol. The quantitative estimate of drug-likeness (QED) is 0.437. The standard InChI is InChI=1S/C8H12N2O2/c9-6(11)8(7(10)12)4-2-1-3-5-8/h2,4H,1,3,5H2,(H2,9,11)(H2,10,12). The van der Waals surface area contributed by atoms with Gasteiger partial charge in [0.2, 0.25) is 11.8 Å². The molecule has 0 aromatic carbocycles. The predicted octanol–water partition coefficient (Wildman–Crippen LogP) is -0.317. The molecule has 4 nitrogen and oxygen atoms in total. The largest absolute Gasteiger partial charge is 0.368 e. The number of carbonyl (C=O) groups is 2. The molecule has 0 bridgehead atoms. The van der Waals surface area contributed by atoms with Crippen molar-refractivity contribution in [2.24, 2.45) is 16.9 Å². The van der Waals surface area contributed by atoms with Gasteiger partial charge in [0.15, 0.2) is 0 Å². The molecule has 0 saturated heterocycles. The molecule has 0 aromatic heterocycles. The van der Waals surface area contributed by atoms with Crippen LogP contribution in [0, 0.1) is 5.41 Å². The highest BCUT2D eigenvalue weighted by Gasteiger charge is 2.40. The Hall–Kier alpha value is -1.32. The first-order chi connectivity index (χ1) is 5.59. The smallest absolute Gasteiger partial charge is 0.236 e. The van der Waals surface area contributed by atoms with Crippen molar-refractivity contribution < 1.29 is 9.59 Å². The summed E-state index contributed by atoms with van der Waals surface area (Å²) >= 11 is 0. The second-order valence-corrected chi connectivity index (χ2v) is 2.99. The van der Waals surface area contributed by atoms with Gasteiger partial charge in [-0.2, -0.15) is 0 Å². The lowest BCUT2D eigenvalue weighted by Crippen LogP contribution is -2.47. The van der Waals surface area contributed by atoms with E-state index in [1.807, 2.05) is 0 Å². The molecular formula is C8H12N2O2. The molecule has 0 spiro atoms. The Morgan fingerprint density at radius 2 is 1.83 bits per heavy atom. The van der Waals surface area contributed by atoms with Gasteiger partial charge in [0, 0.05) is 0 Å². The zero-order valence-corrected chi connectivity index (χ0v) is 6.75. The minimum Gasteiger partial charge on any atom is -0.368 e. The molecule has 0 atom stereocenters. The van der Waals surface area contributed by atoms with E-state index in [0.717, 1.165) is 12.8 Å². The number of amides is 2. The van der Waals surface area contributed by atoms with Crippen molar-refractivity contribution in [2.75, 3.05) is 0 Å². The van der Waals surface area contributed by atoms with Crippen LogP contribution in [-0.2, 0) is 9.59 Å². The van der Waals surface area contributed by atoms with Gasteiger partial charge in [0.05, 0.1) is 0 Å². The minimum absolute atomic E-state index is 0.439. The van der Waals surface area contributed by atoms with Crippen LogP contribution in [0.4, 0.5) is 0 Å². The van der Waals surface area contributed by atoms with E-state index in [9.17, 15) is 9.59 Å². The Bertz CT molecular complexity index is 231. The number of hydrogen-bond acceptors (Lipinski definition) is 2. The zero-order valence-electron chi connectivity index (χ0n) is 6.75. The molecule has 4 heteroatoms. The van der Waals surface area contributed by atoms with Gasteiger partial charge in [-0.3, -0.25) is 9.59 Å². The number of allylic oxidation sites excluding steroid dienone is 1. The highest BCUT2D eigenvalue weighted by Crippen LogP contribution is 2.30. The summed E-state index contributed by atoms with van der Waals surface area (Å²) in [6.07, 6.45) is 5.40. The molecule has 0 heterocycles. The fourth-order valence-electron chi connectivity index (χ4n) is 1.40. The fraction of sp³-hybridized carbons (Fsp3) is 0.500. The van der Waals surface area contributed by atoms with Crippen LogP contribution in [-0.4, -0.2) is 11.8 Å². The van der Waals surface area contributed by atoms with Crippen molar-refractivity contribution in [1.29, 1.82) is 0 Å². The van der Waals surface area contributed by atoms with E-state index in [-0.39, 0.29) is 0 Å². The number of hydrogen-bond donors (Lipinski definition) is 2. The zero-order chi connectivity index (χ0) is 9.19. The average molecular weight is 168 g/mol. The maximum absolute atomic E-state index is 11.0. The van der Waals surface area contributed by atoms with Gasteiger partial charge in [-0.1, -0.05) is 12.2 Å². The Kier molecular flexibility index (Phi) is 2.17. The summed E-state index contributed by atoms with van der Waals surface area (Å²) in [4.78, 5) is 22.0. The molecule has 0 fully saturated rings. The first-order valence-corrected chi connectivity index (χ1v) is 3.87. The third-order valence-corrected chi connectivity index (χ3v) is 2.22. The molecule has 0 aromatic rings. The average Bonchev–Trinajstić information content (AvgIpc) is 2.05. The van der Waals surface area contributed by atoms with Gasteiger partial charge in [0.1, 0.15) is 5.41 Å². The van der Waals surface area contributed by atoms with Gasteiger partial charge in [0.25, 0.3) is 0 Å². The molecule has 1 rings (SSSR count). The second-order valence-electron chi connectivity index (χ2n) is 2.99. The van der Waals surface area contributed by atoms with Gasteiger partial charge >= 0.3 is 0 Å². The summed E-state index contributed by atoms with van der Waals surface area (Å²) < 4.78 is 0. The first kappa shape index (κ1) is 8.77. The van der Waals surface area contributed by atoms with E-state index in [0.29, 0.717) is 6.42 Å². The van der Waals surface area contributed by atoms with Crippen molar-refractivity contribution in [1.82, 2.24) is 0 Å². The lowest BCUT2D eigenvalue weighted by molar-refractivity contribution is -0.137. The molecule has 0 saturated carbocycles. The van der Waals surface area contributed by atoms with Crippen molar-refractivity contribution in [2.45, 2.75) is 19.3 Å². The topological polar surface area (TPSA) is 86.2 Å². The SMILES string of the molecule is NC(=O)C1(C(N)=O)C=CCCC1. The first-order valence-electron chi connectivity index (χ1n) is 3.87. The summed E-state index contributed by atoms with van der Waals surface area (Å²) in [6, 6.07) is 0. The molecule has 12 heavy (non-hydrogen) atoms. The molecule has 1 aliphatic carbocycles. The lowest BCUT2D eigenvalue weighted by Gasteiger charge is -2.25. The van der Waals surface area contributed by atoms with Crippen LogP contribution in [0.1, 0.15) is 19.3 Å². The highest BCUT2D eigenvalue weighted by molar-refractivity contribution is 6.05. The Balaban J connectivity index is 3.01.